The minimum absolute atomic E-state index is 0.684. The highest BCUT2D eigenvalue weighted by Crippen LogP contribution is 2.17. The highest BCUT2D eigenvalue weighted by molar-refractivity contribution is 5.77. The maximum Gasteiger partial charge on any atom is 0.338 e. The molecular weight excluding hydrogens is 220 g/mol. The lowest BCUT2D eigenvalue weighted by Crippen LogP contribution is -2.51. The zero-order valence-corrected chi connectivity index (χ0v) is 9.20. The molecule has 0 amide bonds. The molecule has 7 nitrogen and oxygen atoms in total. The average Bonchev–Trinajstić information content (AvgIpc) is 2.23. The van der Waals surface area contributed by atoms with Crippen LogP contribution in [0, 0.1) is 0 Å². The Morgan fingerprint density at radius 1 is 1.38 bits per heavy atom. The Morgan fingerprint density at radius 3 is 2.12 bits per heavy atom. The van der Waals surface area contributed by atoms with E-state index in [0.717, 1.165) is 6.92 Å². The van der Waals surface area contributed by atoms with Crippen LogP contribution in [0.1, 0.15) is 13.8 Å². The SMILES string of the molecule is CC(O)C(OC(C)(CO)C(=O)O)[C@H](O)CO. The Labute approximate surface area is 92.9 Å². The van der Waals surface area contributed by atoms with Crippen molar-refractivity contribution in [3.63, 3.8) is 0 Å². The fraction of sp³-hybridized carbons (Fsp3) is 0.889. The fourth-order valence-electron chi connectivity index (χ4n) is 1.06. The summed E-state index contributed by atoms with van der Waals surface area (Å²) in [4.78, 5) is 10.8. The minimum Gasteiger partial charge on any atom is -0.479 e. The van der Waals surface area contributed by atoms with Crippen LogP contribution in [0.2, 0.25) is 0 Å². The first kappa shape index (κ1) is 15.3. The molecule has 0 heterocycles. The van der Waals surface area contributed by atoms with Crippen molar-refractivity contribution in [1.29, 1.82) is 0 Å². The molecule has 0 aliphatic carbocycles. The molecular formula is C9H18O7. The molecule has 0 radical (unpaired) electrons. The summed E-state index contributed by atoms with van der Waals surface area (Å²) in [7, 11) is 0. The Hall–Kier alpha value is -0.730. The highest BCUT2D eigenvalue weighted by Gasteiger charge is 2.39. The zero-order chi connectivity index (χ0) is 12.9. The number of hydrogen-bond acceptors (Lipinski definition) is 6. The van der Waals surface area contributed by atoms with E-state index in [1.54, 1.807) is 0 Å². The lowest BCUT2D eigenvalue weighted by molar-refractivity contribution is -0.202. The van der Waals surface area contributed by atoms with Crippen molar-refractivity contribution < 1.29 is 35.1 Å². The van der Waals surface area contributed by atoms with Crippen LogP contribution in [0.15, 0.2) is 0 Å². The molecule has 4 atom stereocenters. The van der Waals surface area contributed by atoms with E-state index in [1.165, 1.54) is 6.92 Å². The van der Waals surface area contributed by atoms with E-state index in [-0.39, 0.29) is 0 Å². The van der Waals surface area contributed by atoms with Gasteiger partial charge >= 0.3 is 5.97 Å². The van der Waals surface area contributed by atoms with Gasteiger partial charge in [-0.15, -0.1) is 0 Å². The molecule has 0 aliphatic rings. The van der Waals surface area contributed by atoms with E-state index in [4.69, 9.17) is 20.1 Å². The van der Waals surface area contributed by atoms with Gasteiger partial charge in [-0.2, -0.15) is 0 Å². The predicted octanol–water partition coefficient (Wildman–Crippen LogP) is -2.06. The van der Waals surface area contributed by atoms with Gasteiger partial charge in [0.15, 0.2) is 5.60 Å². The normalized spacial score (nSPS) is 20.9. The summed E-state index contributed by atoms with van der Waals surface area (Å²) in [6, 6.07) is 0. The number of aliphatic carboxylic acids is 1. The summed E-state index contributed by atoms with van der Waals surface area (Å²) in [5.41, 5.74) is -1.93. The van der Waals surface area contributed by atoms with Crippen molar-refractivity contribution in [3.8, 4) is 0 Å². The van der Waals surface area contributed by atoms with Gasteiger partial charge in [0.05, 0.1) is 19.3 Å². The van der Waals surface area contributed by atoms with Gasteiger partial charge in [-0.05, 0) is 13.8 Å². The predicted molar refractivity (Wildman–Crippen MR) is 52.8 cm³/mol. The molecule has 0 spiro atoms. The van der Waals surface area contributed by atoms with Crippen molar-refractivity contribution in [3.05, 3.63) is 0 Å². The van der Waals surface area contributed by atoms with Crippen LogP contribution in [0.4, 0.5) is 0 Å². The molecule has 16 heavy (non-hydrogen) atoms. The number of rotatable bonds is 7. The van der Waals surface area contributed by atoms with Crippen LogP contribution in [0.3, 0.4) is 0 Å². The number of carboxylic acids is 1. The van der Waals surface area contributed by atoms with Gasteiger partial charge in [-0.3, -0.25) is 0 Å². The lowest BCUT2D eigenvalue weighted by Gasteiger charge is -2.32. The van der Waals surface area contributed by atoms with Gasteiger partial charge < -0.3 is 30.3 Å². The highest BCUT2D eigenvalue weighted by atomic mass is 16.6. The van der Waals surface area contributed by atoms with Crippen LogP contribution < -0.4 is 0 Å². The number of aliphatic hydroxyl groups excluding tert-OH is 4. The molecule has 96 valence electrons. The number of ether oxygens (including phenoxy) is 1. The van der Waals surface area contributed by atoms with Crippen LogP contribution in [0.5, 0.6) is 0 Å². The molecule has 0 bridgehead atoms. The van der Waals surface area contributed by atoms with Crippen molar-refractivity contribution in [1.82, 2.24) is 0 Å². The Morgan fingerprint density at radius 2 is 1.88 bits per heavy atom. The molecule has 7 heteroatoms. The second kappa shape index (κ2) is 6.12. The number of carbonyl (C=O) groups is 1. The van der Waals surface area contributed by atoms with Crippen LogP contribution >= 0.6 is 0 Å². The second-order valence-electron chi connectivity index (χ2n) is 3.77. The molecule has 0 aliphatic heterocycles. The van der Waals surface area contributed by atoms with E-state index >= 15 is 0 Å². The summed E-state index contributed by atoms with van der Waals surface area (Å²) < 4.78 is 4.95. The Kier molecular flexibility index (Phi) is 5.84. The van der Waals surface area contributed by atoms with E-state index in [1.807, 2.05) is 0 Å². The summed E-state index contributed by atoms with van der Waals surface area (Å²) >= 11 is 0. The monoisotopic (exact) mass is 238 g/mol. The van der Waals surface area contributed by atoms with E-state index < -0.39 is 43.1 Å². The lowest BCUT2D eigenvalue weighted by atomic mass is 10.1. The van der Waals surface area contributed by atoms with Gasteiger partial charge in [0.25, 0.3) is 0 Å². The van der Waals surface area contributed by atoms with Crippen molar-refractivity contribution in [2.75, 3.05) is 13.2 Å². The molecule has 0 rings (SSSR count). The van der Waals surface area contributed by atoms with E-state index in [2.05, 4.69) is 0 Å². The standard InChI is InChI=1S/C9H18O7/c1-5(12)7(6(13)3-10)16-9(2,4-11)8(14)15/h5-7,10-13H,3-4H2,1-2H3,(H,14,15)/t5?,6-,7?,9?/m1/s1. The van der Waals surface area contributed by atoms with Gasteiger partial charge in [0.2, 0.25) is 0 Å². The Bertz CT molecular complexity index is 230. The first-order valence-corrected chi connectivity index (χ1v) is 4.77. The third-order valence-corrected chi connectivity index (χ3v) is 2.19. The molecule has 0 saturated heterocycles. The van der Waals surface area contributed by atoms with Gasteiger partial charge in [-0.25, -0.2) is 4.79 Å². The van der Waals surface area contributed by atoms with Crippen molar-refractivity contribution >= 4 is 5.97 Å². The third-order valence-electron chi connectivity index (χ3n) is 2.19. The molecule has 0 saturated carbocycles. The van der Waals surface area contributed by atoms with Crippen LogP contribution in [-0.2, 0) is 9.53 Å². The quantitative estimate of drug-likeness (QED) is 0.345. The smallest absolute Gasteiger partial charge is 0.338 e. The Balaban J connectivity index is 4.79. The third kappa shape index (κ3) is 3.69. The summed E-state index contributed by atoms with van der Waals surface area (Å²) in [6.07, 6.45) is -3.91. The average molecular weight is 238 g/mol. The largest absolute Gasteiger partial charge is 0.479 e. The van der Waals surface area contributed by atoms with Crippen LogP contribution in [0.25, 0.3) is 0 Å². The zero-order valence-electron chi connectivity index (χ0n) is 9.20. The van der Waals surface area contributed by atoms with Gasteiger partial charge in [0.1, 0.15) is 12.2 Å². The minimum atomic E-state index is -1.93. The number of aliphatic hydroxyl groups is 4. The topological polar surface area (TPSA) is 127 Å². The molecule has 0 aromatic rings. The number of hydrogen-bond donors (Lipinski definition) is 5. The molecule has 3 unspecified atom stereocenters. The van der Waals surface area contributed by atoms with Gasteiger partial charge in [0, 0.05) is 0 Å². The molecule has 0 aromatic heterocycles. The second-order valence-corrected chi connectivity index (χ2v) is 3.77. The van der Waals surface area contributed by atoms with Gasteiger partial charge in [-0.1, -0.05) is 0 Å². The summed E-state index contributed by atoms with van der Waals surface area (Å²) in [5, 5.41) is 45.0. The van der Waals surface area contributed by atoms with E-state index in [9.17, 15) is 15.0 Å². The van der Waals surface area contributed by atoms with E-state index in [0.29, 0.717) is 0 Å². The van der Waals surface area contributed by atoms with Crippen molar-refractivity contribution in [2.24, 2.45) is 0 Å². The maximum absolute atomic E-state index is 10.8. The summed E-state index contributed by atoms with van der Waals surface area (Å²) in [5.74, 6) is -1.43. The number of carboxylic acid groups (broad SMARTS) is 1. The first-order valence-electron chi connectivity index (χ1n) is 4.77. The summed E-state index contributed by atoms with van der Waals surface area (Å²) in [6.45, 7) is 0.887. The van der Waals surface area contributed by atoms with Crippen LogP contribution in [-0.4, -0.2) is 68.6 Å². The maximum atomic E-state index is 10.8. The fourth-order valence-corrected chi connectivity index (χ4v) is 1.06. The molecule has 0 fully saturated rings. The molecule has 5 N–H and O–H groups in total. The van der Waals surface area contributed by atoms with Crippen molar-refractivity contribution in [2.45, 2.75) is 37.8 Å². The first-order chi connectivity index (χ1) is 7.28. The molecule has 0 aromatic carbocycles.